The van der Waals surface area contributed by atoms with Gasteiger partial charge in [0.1, 0.15) is 17.4 Å². The Kier molecular flexibility index (Phi) is 5.69. The number of aliphatic hydroxyl groups is 1. The smallest absolute Gasteiger partial charge is 0.329 e. The summed E-state index contributed by atoms with van der Waals surface area (Å²) in [7, 11) is 3.25. The normalized spacial score (nSPS) is 13.7. The van der Waals surface area contributed by atoms with Gasteiger partial charge in [0.15, 0.2) is 0 Å². The lowest BCUT2D eigenvalue weighted by Gasteiger charge is -2.26. The number of hydrogen-bond acceptors (Lipinski definition) is 7. The highest BCUT2D eigenvalue weighted by molar-refractivity contribution is 5.83. The van der Waals surface area contributed by atoms with Crippen molar-refractivity contribution in [1.29, 1.82) is 0 Å². The van der Waals surface area contributed by atoms with Crippen LogP contribution in [0.2, 0.25) is 0 Å². The van der Waals surface area contributed by atoms with E-state index in [-0.39, 0.29) is 19.2 Å². The molecule has 4 aromatic rings. The van der Waals surface area contributed by atoms with Gasteiger partial charge >= 0.3 is 6.03 Å². The Bertz CT molecular complexity index is 1410. The van der Waals surface area contributed by atoms with Crippen LogP contribution in [0.25, 0.3) is 11.3 Å². The number of amides is 1. The summed E-state index contributed by atoms with van der Waals surface area (Å²) in [5.41, 5.74) is 3.52. The highest BCUT2D eigenvalue weighted by atomic mass is 19.1. The number of carbonyl (C=O) groups is 1. The van der Waals surface area contributed by atoms with Crippen molar-refractivity contribution in [3.05, 3.63) is 71.6 Å². The predicted octanol–water partition coefficient (Wildman–Crippen LogP) is 3.40. The van der Waals surface area contributed by atoms with Gasteiger partial charge in [0.25, 0.3) is 0 Å². The molecule has 3 aromatic heterocycles. The Labute approximate surface area is 200 Å². The predicted molar refractivity (Wildman–Crippen MR) is 126 cm³/mol. The van der Waals surface area contributed by atoms with E-state index in [2.05, 4.69) is 20.4 Å². The maximum atomic E-state index is 14.1. The number of rotatable bonds is 7. The molecule has 0 saturated carbocycles. The van der Waals surface area contributed by atoms with Crippen LogP contribution in [0, 0.1) is 12.7 Å². The quantitative estimate of drug-likeness (QED) is 0.420. The van der Waals surface area contributed by atoms with Crippen LogP contribution < -0.4 is 10.1 Å². The SMILES string of the molecule is COc1cc(F)cc([C@@H](CO)N2Cc3cc(-c4nc(Nc5ccnn5C)ncc4C)cn3C2=O)c1. The molecule has 1 amide bonds. The first-order valence-corrected chi connectivity index (χ1v) is 10.9. The van der Waals surface area contributed by atoms with Crippen LogP contribution >= 0.6 is 0 Å². The molecule has 1 atom stereocenters. The van der Waals surface area contributed by atoms with Gasteiger partial charge in [-0.15, -0.1) is 0 Å². The fourth-order valence-corrected chi connectivity index (χ4v) is 4.25. The summed E-state index contributed by atoms with van der Waals surface area (Å²) >= 11 is 0. The van der Waals surface area contributed by atoms with Crippen LogP contribution in [-0.2, 0) is 13.6 Å². The monoisotopic (exact) mass is 477 g/mol. The number of fused-ring (bicyclic) bond motifs is 1. The molecule has 0 saturated heterocycles. The Morgan fingerprint density at radius 1 is 1.29 bits per heavy atom. The van der Waals surface area contributed by atoms with Crippen LogP contribution in [-0.4, -0.2) is 54.1 Å². The largest absolute Gasteiger partial charge is 0.497 e. The molecule has 180 valence electrons. The first-order valence-electron chi connectivity index (χ1n) is 10.9. The Balaban J connectivity index is 1.42. The minimum Gasteiger partial charge on any atom is -0.497 e. The molecule has 1 aliphatic heterocycles. The second-order valence-corrected chi connectivity index (χ2v) is 8.31. The van der Waals surface area contributed by atoms with Crippen molar-refractivity contribution in [2.45, 2.75) is 19.5 Å². The van der Waals surface area contributed by atoms with E-state index < -0.39 is 11.9 Å². The number of aromatic nitrogens is 5. The number of carbonyl (C=O) groups excluding carboxylic acids is 1. The molecule has 11 heteroatoms. The molecule has 4 heterocycles. The lowest BCUT2D eigenvalue weighted by molar-refractivity contribution is 0.141. The standard InChI is InChI=1S/C24H24FN7O3/c1-14-10-26-23(28-21-4-5-27-30(21)2)29-22(14)16-7-18-12-32(24(34)31(18)11-16)20(13-33)15-6-17(25)9-19(8-15)35-3/h4-11,20,33H,12-13H2,1-3H3,(H,26,28,29)/t20-/m1/s1. The van der Waals surface area contributed by atoms with Crippen molar-refractivity contribution < 1.29 is 19.0 Å². The molecule has 35 heavy (non-hydrogen) atoms. The summed E-state index contributed by atoms with van der Waals surface area (Å²) in [4.78, 5) is 23.8. The number of nitrogens with zero attached hydrogens (tertiary/aromatic N) is 6. The van der Waals surface area contributed by atoms with Crippen molar-refractivity contribution in [2.75, 3.05) is 19.0 Å². The van der Waals surface area contributed by atoms with Crippen LogP contribution in [0.1, 0.15) is 22.9 Å². The topological polar surface area (TPSA) is 110 Å². The molecule has 0 unspecified atom stereocenters. The highest BCUT2D eigenvalue weighted by Crippen LogP contribution is 2.34. The average Bonchev–Trinajstić information content (AvgIpc) is 3.52. The first-order chi connectivity index (χ1) is 16.9. The third-order valence-corrected chi connectivity index (χ3v) is 6.05. The van der Waals surface area contributed by atoms with Gasteiger partial charge in [-0.25, -0.2) is 19.2 Å². The number of aryl methyl sites for hydroxylation is 2. The van der Waals surface area contributed by atoms with Crippen LogP contribution in [0.3, 0.4) is 0 Å². The van der Waals surface area contributed by atoms with Crippen molar-refractivity contribution >= 4 is 17.8 Å². The van der Waals surface area contributed by atoms with E-state index in [1.165, 1.54) is 28.7 Å². The molecule has 1 aliphatic rings. The molecule has 0 radical (unpaired) electrons. The number of methoxy groups -OCH3 is 1. The van der Waals surface area contributed by atoms with E-state index in [4.69, 9.17) is 4.74 Å². The third kappa shape index (κ3) is 4.10. The van der Waals surface area contributed by atoms with Crippen LogP contribution in [0.15, 0.2) is 48.9 Å². The van der Waals surface area contributed by atoms with Gasteiger partial charge in [0.05, 0.1) is 38.2 Å². The van der Waals surface area contributed by atoms with Gasteiger partial charge in [-0.05, 0) is 36.2 Å². The van der Waals surface area contributed by atoms with Crippen molar-refractivity contribution in [1.82, 2.24) is 29.2 Å². The lowest BCUT2D eigenvalue weighted by Crippen LogP contribution is -2.33. The molecule has 2 N–H and O–H groups in total. The summed E-state index contributed by atoms with van der Waals surface area (Å²) in [6.45, 7) is 1.80. The maximum absolute atomic E-state index is 14.1. The van der Waals surface area contributed by atoms with E-state index in [9.17, 15) is 14.3 Å². The summed E-state index contributed by atoms with van der Waals surface area (Å²) in [6.07, 6.45) is 5.12. The van der Waals surface area contributed by atoms with Crippen LogP contribution in [0.5, 0.6) is 5.75 Å². The molecule has 0 fully saturated rings. The van der Waals surface area contributed by atoms with Gasteiger partial charge in [-0.1, -0.05) is 0 Å². The van der Waals surface area contributed by atoms with Crippen molar-refractivity contribution in [3.63, 3.8) is 0 Å². The molecular weight excluding hydrogens is 453 g/mol. The van der Waals surface area contributed by atoms with Crippen molar-refractivity contribution in [2.24, 2.45) is 7.05 Å². The van der Waals surface area contributed by atoms with E-state index in [1.807, 2.05) is 26.1 Å². The zero-order valence-corrected chi connectivity index (χ0v) is 19.4. The van der Waals surface area contributed by atoms with E-state index in [0.29, 0.717) is 23.0 Å². The molecule has 0 bridgehead atoms. The Morgan fingerprint density at radius 2 is 2.11 bits per heavy atom. The molecule has 1 aromatic carbocycles. The molecule has 0 aliphatic carbocycles. The van der Waals surface area contributed by atoms with Crippen molar-refractivity contribution in [3.8, 4) is 17.0 Å². The number of ether oxygens (including phenoxy) is 1. The Morgan fingerprint density at radius 3 is 2.80 bits per heavy atom. The van der Waals surface area contributed by atoms with E-state index >= 15 is 0 Å². The highest BCUT2D eigenvalue weighted by Gasteiger charge is 2.34. The van der Waals surface area contributed by atoms with Gasteiger partial charge < -0.3 is 20.1 Å². The summed E-state index contributed by atoms with van der Waals surface area (Å²) in [5, 5.41) is 17.3. The van der Waals surface area contributed by atoms with E-state index in [0.717, 1.165) is 22.6 Å². The second-order valence-electron chi connectivity index (χ2n) is 8.31. The number of nitrogens with one attached hydrogen (secondary N) is 1. The fourth-order valence-electron chi connectivity index (χ4n) is 4.25. The Hall–Kier alpha value is -4.25. The van der Waals surface area contributed by atoms with Gasteiger partial charge in [-0.2, -0.15) is 5.10 Å². The maximum Gasteiger partial charge on any atom is 0.329 e. The second kappa shape index (κ2) is 8.84. The summed E-state index contributed by atoms with van der Waals surface area (Å²) < 4.78 is 22.4. The molecule has 5 rings (SSSR count). The van der Waals surface area contributed by atoms with Gasteiger partial charge in [0, 0.05) is 42.8 Å². The number of halogens is 1. The zero-order valence-electron chi connectivity index (χ0n) is 19.4. The molecular formula is C24H24FN7O3. The molecule has 0 spiro atoms. The van der Waals surface area contributed by atoms with Crippen LogP contribution in [0.4, 0.5) is 21.0 Å². The number of anilines is 2. The average molecular weight is 478 g/mol. The van der Waals surface area contributed by atoms with Gasteiger partial charge in [-0.3, -0.25) is 9.25 Å². The summed E-state index contributed by atoms with van der Waals surface area (Å²) in [5.74, 6) is 0.978. The fraction of sp³-hybridized carbons (Fsp3) is 0.250. The number of benzene rings is 1. The first kappa shape index (κ1) is 22.5. The van der Waals surface area contributed by atoms with Gasteiger partial charge in [0.2, 0.25) is 5.95 Å². The minimum atomic E-state index is -0.717. The summed E-state index contributed by atoms with van der Waals surface area (Å²) in [6, 6.07) is 6.85. The van der Waals surface area contributed by atoms with E-state index in [1.54, 1.807) is 29.3 Å². The lowest BCUT2D eigenvalue weighted by atomic mass is 10.1. The molecule has 10 nitrogen and oxygen atoms in total. The number of hydrogen-bond donors (Lipinski definition) is 2. The third-order valence-electron chi connectivity index (χ3n) is 6.05. The number of aliphatic hydroxyl groups excluding tert-OH is 1. The zero-order chi connectivity index (χ0) is 24.7. The minimum absolute atomic E-state index is 0.257.